The minimum Gasteiger partial charge on any atom is -0.425 e. The number of hydrogen-bond donors (Lipinski definition) is 0. The van der Waals surface area contributed by atoms with Crippen molar-refractivity contribution in [2.75, 3.05) is 0 Å². The predicted molar refractivity (Wildman–Crippen MR) is 99.0 cm³/mol. The summed E-state index contributed by atoms with van der Waals surface area (Å²) in [6.07, 6.45) is 1.03. The summed E-state index contributed by atoms with van der Waals surface area (Å²) in [6.45, 7) is 5.14. The Balaban J connectivity index is 3.77. The van der Waals surface area contributed by atoms with Gasteiger partial charge in [-0.05, 0) is 12.8 Å². The van der Waals surface area contributed by atoms with Crippen LogP contribution in [0.2, 0.25) is 17.8 Å². The average Bonchev–Trinajstić information content (AvgIpc) is 2.50. The zero-order valence-corrected chi connectivity index (χ0v) is 18.4. The molecule has 0 saturated carbocycles. The Morgan fingerprint density at radius 2 is 0.926 bits per heavy atom. The lowest BCUT2D eigenvalue weighted by atomic mass is 10.3. The number of ether oxygens (including phenoxy) is 4. The summed E-state index contributed by atoms with van der Waals surface area (Å²) >= 11 is 0. The molecule has 0 aliphatic carbocycles. The molecule has 0 aromatic carbocycles. The molecular weight excluding hydrogens is 388 g/mol. The van der Waals surface area contributed by atoms with E-state index in [1.165, 1.54) is 27.7 Å². The number of esters is 4. The van der Waals surface area contributed by atoms with Crippen LogP contribution >= 0.6 is 0 Å². The van der Waals surface area contributed by atoms with E-state index in [-0.39, 0.29) is 0 Å². The van der Waals surface area contributed by atoms with Gasteiger partial charge in [-0.1, -0.05) is 17.8 Å². The van der Waals surface area contributed by atoms with E-state index in [0.29, 0.717) is 12.8 Å². The van der Waals surface area contributed by atoms with Crippen LogP contribution in [0.25, 0.3) is 0 Å². The van der Waals surface area contributed by atoms with Crippen molar-refractivity contribution in [2.45, 2.75) is 83.7 Å². The Morgan fingerprint density at radius 1 is 0.630 bits per heavy atom. The van der Waals surface area contributed by atoms with Gasteiger partial charge in [0.1, 0.15) is 0 Å². The van der Waals surface area contributed by atoms with Crippen LogP contribution in [-0.2, 0) is 38.1 Å². The van der Waals surface area contributed by atoms with Crippen LogP contribution in [0, 0.1) is 0 Å². The molecule has 0 N–H and O–H groups in total. The van der Waals surface area contributed by atoms with E-state index in [1.54, 1.807) is 0 Å². The van der Waals surface area contributed by atoms with Crippen molar-refractivity contribution in [1.82, 2.24) is 0 Å². The molecule has 8 nitrogen and oxygen atoms in total. The molecule has 0 saturated heterocycles. The molecule has 0 atom stereocenters. The summed E-state index contributed by atoms with van der Waals surface area (Å²) in [7, 11) is 1.57. The van der Waals surface area contributed by atoms with Gasteiger partial charge in [0.05, 0.1) is 0 Å². The summed E-state index contributed by atoms with van der Waals surface area (Å²) in [6, 6.07) is 1.96. The van der Waals surface area contributed by atoms with Crippen molar-refractivity contribution in [3.8, 4) is 0 Å². The second-order valence-electron chi connectivity index (χ2n) is 5.76. The van der Waals surface area contributed by atoms with Crippen LogP contribution in [0.4, 0.5) is 0 Å². The van der Waals surface area contributed by atoms with Crippen molar-refractivity contribution in [1.29, 1.82) is 0 Å². The monoisotopic (exact) mass is 416 g/mol. The number of rotatable bonds is 14. The SMILES string of the molecule is CC(=O)OC(CCC[Si]C[Si]CCCC(OC(C)=O)OC(C)=O)OC(C)=O. The molecule has 27 heavy (non-hydrogen) atoms. The van der Waals surface area contributed by atoms with Crippen LogP contribution in [-0.4, -0.2) is 55.5 Å². The third-order valence-electron chi connectivity index (χ3n) is 3.03. The normalized spacial score (nSPS) is 10.6. The molecule has 0 bridgehead atoms. The third kappa shape index (κ3) is 17.5. The third-order valence-corrected chi connectivity index (χ3v) is 6.44. The van der Waals surface area contributed by atoms with Crippen molar-refractivity contribution >= 4 is 42.9 Å². The first-order valence-electron chi connectivity index (χ1n) is 8.81. The Labute approximate surface area is 165 Å². The first-order chi connectivity index (χ1) is 12.7. The maximum Gasteiger partial charge on any atom is 0.305 e. The first kappa shape index (κ1) is 25.3. The van der Waals surface area contributed by atoms with Crippen molar-refractivity contribution in [2.24, 2.45) is 0 Å². The lowest BCUT2D eigenvalue weighted by molar-refractivity contribution is -0.187. The van der Waals surface area contributed by atoms with Crippen molar-refractivity contribution in [3.63, 3.8) is 0 Å². The Morgan fingerprint density at radius 3 is 1.19 bits per heavy atom. The molecule has 4 radical (unpaired) electrons. The minimum atomic E-state index is -0.799. The summed E-state index contributed by atoms with van der Waals surface area (Å²) in [5.41, 5.74) is 1.09. The molecule has 0 aliphatic rings. The fourth-order valence-corrected chi connectivity index (χ4v) is 5.11. The van der Waals surface area contributed by atoms with Gasteiger partial charge in [0.2, 0.25) is 12.6 Å². The fraction of sp³-hybridized carbons (Fsp3) is 0.765. The van der Waals surface area contributed by atoms with Gasteiger partial charge >= 0.3 is 23.9 Å². The van der Waals surface area contributed by atoms with Crippen molar-refractivity contribution in [3.05, 3.63) is 0 Å². The van der Waals surface area contributed by atoms with Crippen molar-refractivity contribution < 1.29 is 38.1 Å². The highest BCUT2D eigenvalue weighted by Crippen LogP contribution is 2.10. The topological polar surface area (TPSA) is 105 Å². The summed E-state index contributed by atoms with van der Waals surface area (Å²) in [4.78, 5) is 43.9. The van der Waals surface area contributed by atoms with E-state index in [0.717, 1.165) is 49.6 Å². The second-order valence-corrected chi connectivity index (χ2v) is 9.17. The molecular formula is C17H28O8Si2. The van der Waals surface area contributed by atoms with Gasteiger partial charge in [-0.15, -0.1) is 0 Å². The molecule has 0 fully saturated rings. The van der Waals surface area contributed by atoms with E-state index in [9.17, 15) is 19.2 Å². The highest BCUT2D eigenvalue weighted by atomic mass is 28.3. The maximum absolute atomic E-state index is 11.0. The maximum atomic E-state index is 11.0. The minimum absolute atomic E-state index is 0.467. The summed E-state index contributed by atoms with van der Waals surface area (Å²) in [5.74, 6) is -1.87. The van der Waals surface area contributed by atoms with Crippen LogP contribution in [0.5, 0.6) is 0 Å². The molecule has 0 amide bonds. The predicted octanol–water partition coefficient (Wildman–Crippen LogP) is 2.07. The van der Waals surface area contributed by atoms with Crippen LogP contribution in [0.15, 0.2) is 0 Å². The van der Waals surface area contributed by atoms with E-state index < -0.39 is 36.5 Å². The zero-order chi connectivity index (χ0) is 20.7. The lowest BCUT2D eigenvalue weighted by Crippen LogP contribution is -2.22. The van der Waals surface area contributed by atoms with E-state index >= 15 is 0 Å². The second kappa shape index (κ2) is 15.4. The molecule has 0 aromatic heterocycles. The molecule has 0 rings (SSSR count). The van der Waals surface area contributed by atoms with Gasteiger partial charge in [0, 0.05) is 59.6 Å². The number of hydrogen-bond acceptors (Lipinski definition) is 8. The highest BCUT2D eigenvalue weighted by Gasteiger charge is 2.15. The van der Waals surface area contributed by atoms with Crippen LogP contribution < -0.4 is 0 Å². The Kier molecular flexibility index (Phi) is 14.4. The quantitative estimate of drug-likeness (QED) is 0.183. The smallest absolute Gasteiger partial charge is 0.305 e. The van der Waals surface area contributed by atoms with Gasteiger partial charge < -0.3 is 18.9 Å². The molecule has 0 spiro atoms. The fourth-order valence-electron chi connectivity index (χ4n) is 2.08. The van der Waals surface area contributed by atoms with E-state index in [2.05, 4.69) is 0 Å². The van der Waals surface area contributed by atoms with Crippen LogP contribution in [0.3, 0.4) is 0 Å². The highest BCUT2D eigenvalue weighted by molar-refractivity contribution is 6.55. The van der Waals surface area contributed by atoms with Gasteiger partial charge in [-0.25, -0.2) is 0 Å². The van der Waals surface area contributed by atoms with E-state index in [4.69, 9.17) is 18.9 Å². The molecule has 0 heterocycles. The van der Waals surface area contributed by atoms with Gasteiger partial charge in [0.15, 0.2) is 0 Å². The molecule has 0 unspecified atom stereocenters. The van der Waals surface area contributed by atoms with Gasteiger partial charge in [0.25, 0.3) is 0 Å². The number of carbonyl (C=O) groups is 4. The largest absolute Gasteiger partial charge is 0.425 e. The molecule has 0 aromatic rings. The van der Waals surface area contributed by atoms with Gasteiger partial charge in [-0.2, -0.15) is 0 Å². The molecule has 10 heteroatoms. The number of carbonyl (C=O) groups excluding carboxylic acids is 4. The average molecular weight is 417 g/mol. The van der Waals surface area contributed by atoms with Crippen LogP contribution in [0.1, 0.15) is 53.4 Å². The summed E-state index contributed by atoms with van der Waals surface area (Å²) in [5, 5.41) is 0. The lowest BCUT2D eigenvalue weighted by Gasteiger charge is -2.16. The zero-order valence-electron chi connectivity index (χ0n) is 16.4. The van der Waals surface area contributed by atoms with Gasteiger partial charge in [-0.3, -0.25) is 19.2 Å². The first-order valence-corrected chi connectivity index (χ1v) is 11.6. The Hall–Kier alpha value is -1.69. The standard InChI is InChI=1S/C17H28O8Si2/c1-12(18)22-16(23-13(2)19)7-5-9-26-11-27-10-6-8-17(24-14(3)20)25-15(4)21/h16-17H,5-11H2,1-4H3. The summed E-state index contributed by atoms with van der Waals surface area (Å²) < 4.78 is 19.8. The molecule has 0 aliphatic heterocycles. The Bertz CT molecular complexity index is 410. The van der Waals surface area contributed by atoms with E-state index in [1.807, 2.05) is 0 Å². The molecule has 152 valence electrons.